The number of hydrogen-bond acceptors (Lipinski definition) is 3. The van der Waals surface area contributed by atoms with Gasteiger partial charge in [-0.2, -0.15) is 0 Å². The van der Waals surface area contributed by atoms with Gasteiger partial charge in [-0.05, 0) is 25.7 Å². The third-order valence-electron chi connectivity index (χ3n) is 5.64. The van der Waals surface area contributed by atoms with Crippen molar-refractivity contribution in [1.82, 2.24) is 14.5 Å². The number of rotatable bonds is 1. The summed E-state index contributed by atoms with van der Waals surface area (Å²) in [6.07, 6.45) is 11.7. The molecule has 0 unspecified atom stereocenters. The number of aryl methyl sites for hydroxylation is 1. The molecule has 1 atom stereocenters. The fourth-order valence-corrected chi connectivity index (χ4v) is 4.36. The molecule has 4 rings (SSSR count). The first-order valence-electron chi connectivity index (χ1n) is 8.68. The highest BCUT2D eigenvalue weighted by Crippen LogP contribution is 2.35. The van der Waals surface area contributed by atoms with Crippen LogP contribution in [0.3, 0.4) is 0 Å². The number of morpholine rings is 1. The SMILES string of the molecule is O=C([C@H]1CCc2cncn2C1)N1CCOC2(CCCCC2)C1. The summed E-state index contributed by atoms with van der Waals surface area (Å²) >= 11 is 0. The molecule has 22 heavy (non-hydrogen) atoms. The van der Waals surface area contributed by atoms with E-state index >= 15 is 0 Å². The van der Waals surface area contributed by atoms with Gasteiger partial charge in [-0.25, -0.2) is 4.98 Å². The largest absolute Gasteiger partial charge is 0.371 e. The predicted molar refractivity (Wildman–Crippen MR) is 82.4 cm³/mol. The van der Waals surface area contributed by atoms with E-state index in [1.165, 1.54) is 25.0 Å². The van der Waals surface area contributed by atoms with E-state index in [0.29, 0.717) is 12.5 Å². The van der Waals surface area contributed by atoms with Gasteiger partial charge in [0.15, 0.2) is 0 Å². The Kier molecular flexibility index (Phi) is 3.68. The molecule has 0 aromatic carbocycles. The van der Waals surface area contributed by atoms with Gasteiger partial charge in [-0.1, -0.05) is 19.3 Å². The second-order valence-electron chi connectivity index (χ2n) is 7.12. The Morgan fingerprint density at radius 1 is 1.32 bits per heavy atom. The van der Waals surface area contributed by atoms with Crippen molar-refractivity contribution in [3.05, 3.63) is 18.2 Å². The van der Waals surface area contributed by atoms with Crippen LogP contribution in [0.1, 0.15) is 44.2 Å². The minimum absolute atomic E-state index is 0.0407. The van der Waals surface area contributed by atoms with E-state index in [2.05, 4.69) is 14.5 Å². The summed E-state index contributed by atoms with van der Waals surface area (Å²) in [5.74, 6) is 0.438. The van der Waals surface area contributed by atoms with E-state index in [9.17, 15) is 4.79 Å². The molecule has 0 radical (unpaired) electrons. The molecule has 0 N–H and O–H groups in total. The molecule has 0 bridgehead atoms. The Hall–Kier alpha value is -1.36. The number of hydrogen-bond donors (Lipinski definition) is 0. The maximum atomic E-state index is 12.9. The lowest BCUT2D eigenvalue weighted by Gasteiger charge is -2.46. The van der Waals surface area contributed by atoms with Crippen LogP contribution in [0.4, 0.5) is 0 Å². The van der Waals surface area contributed by atoms with E-state index < -0.39 is 0 Å². The van der Waals surface area contributed by atoms with E-state index in [-0.39, 0.29) is 11.5 Å². The molecule has 2 aliphatic heterocycles. The molecule has 1 aliphatic carbocycles. The molecule has 1 amide bonds. The Balaban J connectivity index is 1.44. The van der Waals surface area contributed by atoms with Gasteiger partial charge in [0, 0.05) is 31.5 Å². The molecule has 120 valence electrons. The molecule has 1 saturated carbocycles. The lowest BCUT2D eigenvalue weighted by Crippen LogP contribution is -2.56. The predicted octanol–water partition coefficient (Wildman–Crippen LogP) is 2.01. The summed E-state index contributed by atoms with van der Waals surface area (Å²) in [5.41, 5.74) is 1.22. The van der Waals surface area contributed by atoms with Crippen LogP contribution in [0.2, 0.25) is 0 Å². The van der Waals surface area contributed by atoms with Crippen LogP contribution in [-0.2, 0) is 22.5 Å². The minimum atomic E-state index is -0.0407. The third kappa shape index (κ3) is 2.56. The van der Waals surface area contributed by atoms with Crippen LogP contribution in [0.5, 0.6) is 0 Å². The van der Waals surface area contributed by atoms with Crippen LogP contribution < -0.4 is 0 Å². The van der Waals surface area contributed by atoms with Crippen molar-refractivity contribution in [1.29, 1.82) is 0 Å². The minimum Gasteiger partial charge on any atom is -0.371 e. The fraction of sp³-hybridized carbons (Fsp3) is 0.765. The topological polar surface area (TPSA) is 47.4 Å². The van der Waals surface area contributed by atoms with Gasteiger partial charge in [0.1, 0.15) is 0 Å². The van der Waals surface area contributed by atoms with Crippen molar-refractivity contribution in [2.45, 2.75) is 57.1 Å². The molecule has 5 heteroatoms. The quantitative estimate of drug-likeness (QED) is 0.797. The molecule has 1 spiro atoms. The number of ether oxygens (including phenoxy) is 1. The zero-order chi connectivity index (χ0) is 15.0. The first kappa shape index (κ1) is 14.2. The maximum absolute atomic E-state index is 12.9. The summed E-state index contributed by atoms with van der Waals surface area (Å²) in [6, 6.07) is 0. The zero-order valence-corrected chi connectivity index (χ0v) is 13.2. The molecule has 3 heterocycles. The van der Waals surface area contributed by atoms with Crippen molar-refractivity contribution in [3.8, 4) is 0 Å². The highest BCUT2D eigenvalue weighted by molar-refractivity contribution is 5.79. The second kappa shape index (κ2) is 5.69. The second-order valence-corrected chi connectivity index (χ2v) is 7.12. The number of fused-ring (bicyclic) bond motifs is 1. The summed E-state index contributed by atoms with van der Waals surface area (Å²) in [6.45, 7) is 3.06. The van der Waals surface area contributed by atoms with Crippen LogP contribution in [0.15, 0.2) is 12.5 Å². The molecule has 1 saturated heterocycles. The van der Waals surface area contributed by atoms with Crippen molar-refractivity contribution < 1.29 is 9.53 Å². The molecular weight excluding hydrogens is 278 g/mol. The molecule has 2 fully saturated rings. The summed E-state index contributed by atoms with van der Waals surface area (Å²) < 4.78 is 8.25. The van der Waals surface area contributed by atoms with Crippen LogP contribution in [-0.4, -0.2) is 45.7 Å². The molecule has 3 aliphatic rings. The highest BCUT2D eigenvalue weighted by Gasteiger charge is 2.40. The maximum Gasteiger partial charge on any atom is 0.227 e. The zero-order valence-electron chi connectivity index (χ0n) is 13.2. The van der Waals surface area contributed by atoms with Crippen molar-refractivity contribution >= 4 is 5.91 Å². The number of carbonyl (C=O) groups is 1. The number of amides is 1. The van der Waals surface area contributed by atoms with Crippen LogP contribution in [0.25, 0.3) is 0 Å². The summed E-state index contributed by atoms with van der Waals surface area (Å²) in [5, 5.41) is 0. The van der Waals surface area contributed by atoms with Gasteiger partial charge in [0.2, 0.25) is 5.91 Å². The Morgan fingerprint density at radius 3 is 3.05 bits per heavy atom. The number of aromatic nitrogens is 2. The highest BCUT2D eigenvalue weighted by atomic mass is 16.5. The molecule has 5 nitrogen and oxygen atoms in total. The number of carbonyl (C=O) groups excluding carboxylic acids is 1. The van der Waals surface area contributed by atoms with Crippen LogP contribution >= 0.6 is 0 Å². The van der Waals surface area contributed by atoms with Gasteiger partial charge in [-0.3, -0.25) is 4.79 Å². The van der Waals surface area contributed by atoms with Crippen molar-refractivity contribution in [2.24, 2.45) is 5.92 Å². The van der Waals surface area contributed by atoms with Crippen molar-refractivity contribution in [3.63, 3.8) is 0 Å². The first-order chi connectivity index (χ1) is 10.8. The monoisotopic (exact) mass is 303 g/mol. The molecule has 1 aromatic heterocycles. The smallest absolute Gasteiger partial charge is 0.227 e. The average molecular weight is 303 g/mol. The van der Waals surface area contributed by atoms with Gasteiger partial charge in [0.05, 0.1) is 24.5 Å². The van der Waals surface area contributed by atoms with Crippen molar-refractivity contribution in [2.75, 3.05) is 19.7 Å². The van der Waals surface area contributed by atoms with E-state index in [4.69, 9.17) is 4.74 Å². The Labute approximate surface area is 131 Å². The molecular formula is C17H25N3O2. The Morgan fingerprint density at radius 2 is 2.18 bits per heavy atom. The fourth-order valence-electron chi connectivity index (χ4n) is 4.36. The van der Waals surface area contributed by atoms with E-state index in [1.54, 1.807) is 0 Å². The van der Waals surface area contributed by atoms with Gasteiger partial charge < -0.3 is 14.2 Å². The van der Waals surface area contributed by atoms with Gasteiger partial charge in [-0.15, -0.1) is 0 Å². The van der Waals surface area contributed by atoms with Gasteiger partial charge in [0.25, 0.3) is 0 Å². The van der Waals surface area contributed by atoms with Crippen LogP contribution in [0, 0.1) is 5.92 Å². The average Bonchev–Trinajstić information content (AvgIpc) is 3.02. The normalized spacial score (nSPS) is 27.6. The lowest BCUT2D eigenvalue weighted by molar-refractivity contribution is -0.160. The standard InChI is InChI=1S/C17H25N3O2/c21-16(14-4-5-15-10-18-13-20(15)11-14)19-8-9-22-17(12-19)6-2-1-3-7-17/h10,13-14H,1-9,11-12H2/t14-/m0/s1. The molecule has 1 aromatic rings. The number of imidazole rings is 1. The van der Waals surface area contributed by atoms with E-state index in [1.807, 2.05) is 12.5 Å². The van der Waals surface area contributed by atoms with E-state index in [0.717, 1.165) is 45.3 Å². The number of nitrogens with zero attached hydrogens (tertiary/aromatic N) is 3. The lowest BCUT2D eigenvalue weighted by atomic mass is 9.83. The third-order valence-corrected chi connectivity index (χ3v) is 5.64. The summed E-state index contributed by atoms with van der Waals surface area (Å²) in [4.78, 5) is 19.2. The Bertz CT molecular complexity index is 542. The first-order valence-corrected chi connectivity index (χ1v) is 8.68. The van der Waals surface area contributed by atoms with Gasteiger partial charge >= 0.3 is 0 Å². The summed E-state index contributed by atoms with van der Waals surface area (Å²) in [7, 11) is 0.